The molecule has 152 valence electrons. The van der Waals surface area contributed by atoms with Crippen molar-refractivity contribution < 1.29 is 9.13 Å². The van der Waals surface area contributed by atoms with Crippen LogP contribution in [0.15, 0.2) is 29.3 Å². The van der Waals surface area contributed by atoms with Gasteiger partial charge in [-0.05, 0) is 51.3 Å². The molecule has 1 aliphatic heterocycles. The zero-order chi connectivity index (χ0) is 20.0. The lowest BCUT2D eigenvalue weighted by Gasteiger charge is -2.38. The van der Waals surface area contributed by atoms with Crippen LogP contribution < -0.4 is 10.6 Å². The standard InChI is InChI=1S/C21H29FN4OS/c1-4-23-20(24-13-19-26-15(2)16(3)28-19)25-14-21(8-10-27-11-9-21)17-6-5-7-18(22)12-17/h5-7,12H,4,8-11,13-14H2,1-3H3,(H2,23,24,25). The molecule has 1 aliphatic rings. The van der Waals surface area contributed by atoms with E-state index in [0.717, 1.165) is 41.6 Å². The maximum Gasteiger partial charge on any atom is 0.191 e. The highest BCUT2D eigenvalue weighted by Crippen LogP contribution is 2.34. The Kier molecular flexibility index (Phi) is 7.02. The van der Waals surface area contributed by atoms with Crippen LogP contribution in [0.4, 0.5) is 4.39 Å². The van der Waals surface area contributed by atoms with Crippen molar-refractivity contribution in [1.82, 2.24) is 15.6 Å². The molecule has 0 saturated carbocycles. The Bertz CT molecular complexity index is 795. The predicted molar refractivity (Wildman–Crippen MR) is 113 cm³/mol. The molecular weight excluding hydrogens is 375 g/mol. The highest BCUT2D eigenvalue weighted by Gasteiger charge is 2.35. The van der Waals surface area contributed by atoms with Crippen LogP contribution in [-0.4, -0.2) is 37.2 Å². The number of nitrogens with zero attached hydrogens (tertiary/aromatic N) is 2. The zero-order valence-electron chi connectivity index (χ0n) is 16.8. The van der Waals surface area contributed by atoms with Gasteiger partial charge >= 0.3 is 0 Å². The number of halogens is 1. The van der Waals surface area contributed by atoms with E-state index in [2.05, 4.69) is 22.5 Å². The van der Waals surface area contributed by atoms with E-state index in [4.69, 9.17) is 9.73 Å². The van der Waals surface area contributed by atoms with Gasteiger partial charge in [0.1, 0.15) is 10.8 Å². The molecule has 2 aromatic rings. The van der Waals surface area contributed by atoms with Crippen LogP contribution in [-0.2, 0) is 16.7 Å². The number of aromatic nitrogens is 1. The lowest BCUT2D eigenvalue weighted by Crippen LogP contribution is -2.48. The molecule has 0 amide bonds. The Morgan fingerprint density at radius 2 is 2.07 bits per heavy atom. The molecule has 28 heavy (non-hydrogen) atoms. The van der Waals surface area contributed by atoms with Gasteiger partial charge in [-0.1, -0.05) is 12.1 Å². The molecule has 5 nitrogen and oxygen atoms in total. The molecule has 0 aliphatic carbocycles. The Morgan fingerprint density at radius 3 is 2.71 bits per heavy atom. The van der Waals surface area contributed by atoms with Crippen LogP contribution in [0.1, 0.15) is 40.9 Å². The largest absolute Gasteiger partial charge is 0.381 e. The van der Waals surface area contributed by atoms with E-state index in [0.29, 0.717) is 26.3 Å². The highest BCUT2D eigenvalue weighted by atomic mass is 32.1. The van der Waals surface area contributed by atoms with Gasteiger partial charge in [-0.25, -0.2) is 14.4 Å². The molecule has 3 rings (SSSR count). The predicted octanol–water partition coefficient (Wildman–Crippen LogP) is 3.70. The third kappa shape index (κ3) is 5.08. The smallest absolute Gasteiger partial charge is 0.191 e. The average Bonchev–Trinajstić information content (AvgIpc) is 3.02. The summed E-state index contributed by atoms with van der Waals surface area (Å²) in [7, 11) is 0. The van der Waals surface area contributed by atoms with Crippen molar-refractivity contribution in [3.05, 3.63) is 51.2 Å². The molecule has 2 N–H and O–H groups in total. The summed E-state index contributed by atoms with van der Waals surface area (Å²) in [5, 5.41) is 7.80. The zero-order valence-corrected chi connectivity index (χ0v) is 17.7. The van der Waals surface area contributed by atoms with Crippen molar-refractivity contribution in [2.45, 2.75) is 45.6 Å². The van der Waals surface area contributed by atoms with Crippen LogP contribution >= 0.6 is 11.3 Å². The minimum atomic E-state index is -0.196. The SMILES string of the molecule is CCNC(=NCc1nc(C)c(C)s1)NCC1(c2cccc(F)c2)CCOCC1. The number of hydrogen-bond acceptors (Lipinski definition) is 4. The number of ether oxygens (including phenoxy) is 1. The lowest BCUT2D eigenvalue weighted by atomic mass is 9.74. The first kappa shape index (κ1) is 20.7. The van der Waals surface area contributed by atoms with Crippen LogP contribution in [0.25, 0.3) is 0 Å². The number of nitrogens with one attached hydrogen (secondary N) is 2. The Labute approximate surface area is 170 Å². The fourth-order valence-electron chi connectivity index (χ4n) is 3.50. The maximum atomic E-state index is 13.9. The van der Waals surface area contributed by atoms with Crippen molar-refractivity contribution in [2.75, 3.05) is 26.3 Å². The van der Waals surface area contributed by atoms with E-state index in [9.17, 15) is 4.39 Å². The van der Waals surface area contributed by atoms with Crippen LogP contribution in [0.3, 0.4) is 0 Å². The molecule has 0 unspecified atom stereocenters. The second kappa shape index (κ2) is 9.47. The monoisotopic (exact) mass is 404 g/mol. The fraction of sp³-hybridized carbons (Fsp3) is 0.524. The molecule has 1 fully saturated rings. The Morgan fingerprint density at radius 1 is 1.29 bits per heavy atom. The number of rotatable bonds is 6. The average molecular weight is 405 g/mol. The van der Waals surface area contributed by atoms with E-state index >= 15 is 0 Å². The van der Waals surface area contributed by atoms with Crippen molar-refractivity contribution in [1.29, 1.82) is 0 Å². The van der Waals surface area contributed by atoms with Gasteiger partial charge in [-0.2, -0.15) is 0 Å². The normalized spacial score (nSPS) is 16.8. The molecule has 1 saturated heterocycles. The van der Waals surface area contributed by atoms with Crippen molar-refractivity contribution >= 4 is 17.3 Å². The van der Waals surface area contributed by atoms with Crippen molar-refractivity contribution in [3.63, 3.8) is 0 Å². The summed E-state index contributed by atoms with van der Waals surface area (Å²) in [6.45, 7) is 9.52. The van der Waals surface area contributed by atoms with Crippen LogP contribution in [0.5, 0.6) is 0 Å². The number of aliphatic imine (C=N–C) groups is 1. The summed E-state index contributed by atoms with van der Waals surface area (Å²) >= 11 is 1.69. The van der Waals surface area contributed by atoms with Gasteiger partial charge < -0.3 is 15.4 Å². The number of guanidine groups is 1. The Balaban J connectivity index is 1.74. The minimum Gasteiger partial charge on any atom is -0.381 e. The van der Waals surface area contributed by atoms with Gasteiger partial charge in [-0.15, -0.1) is 11.3 Å². The van der Waals surface area contributed by atoms with E-state index in [-0.39, 0.29) is 11.2 Å². The molecule has 2 heterocycles. The summed E-state index contributed by atoms with van der Waals surface area (Å²) in [6, 6.07) is 6.95. The molecule has 7 heteroatoms. The second-order valence-electron chi connectivity index (χ2n) is 7.20. The second-order valence-corrected chi connectivity index (χ2v) is 8.49. The summed E-state index contributed by atoms with van der Waals surface area (Å²) in [4.78, 5) is 10.5. The minimum absolute atomic E-state index is 0.162. The quantitative estimate of drug-likeness (QED) is 0.569. The van der Waals surface area contributed by atoms with Gasteiger partial charge in [-0.3, -0.25) is 0 Å². The summed E-state index contributed by atoms with van der Waals surface area (Å²) < 4.78 is 19.4. The maximum absolute atomic E-state index is 13.9. The van der Waals surface area contributed by atoms with Crippen molar-refractivity contribution in [2.24, 2.45) is 4.99 Å². The first-order valence-corrected chi connectivity index (χ1v) is 10.6. The molecule has 0 radical (unpaired) electrons. The molecule has 0 spiro atoms. The van der Waals surface area contributed by atoms with E-state index in [1.807, 2.05) is 19.9 Å². The van der Waals surface area contributed by atoms with Gasteiger partial charge in [0, 0.05) is 36.6 Å². The number of thiazole rings is 1. The van der Waals surface area contributed by atoms with E-state index in [1.54, 1.807) is 23.5 Å². The van der Waals surface area contributed by atoms with Gasteiger partial charge in [0.2, 0.25) is 0 Å². The third-order valence-corrected chi connectivity index (χ3v) is 6.33. The van der Waals surface area contributed by atoms with Crippen molar-refractivity contribution in [3.8, 4) is 0 Å². The highest BCUT2D eigenvalue weighted by molar-refractivity contribution is 7.11. The first-order chi connectivity index (χ1) is 13.5. The number of hydrogen-bond donors (Lipinski definition) is 2. The fourth-order valence-corrected chi connectivity index (χ4v) is 4.35. The van der Waals surface area contributed by atoms with Gasteiger partial charge in [0.25, 0.3) is 0 Å². The van der Waals surface area contributed by atoms with Gasteiger partial charge in [0.05, 0.1) is 12.2 Å². The molecule has 1 aromatic carbocycles. The summed E-state index contributed by atoms with van der Waals surface area (Å²) in [5.41, 5.74) is 1.93. The topological polar surface area (TPSA) is 58.5 Å². The number of benzene rings is 1. The molecule has 1 aromatic heterocycles. The van der Waals surface area contributed by atoms with Gasteiger partial charge in [0.15, 0.2) is 5.96 Å². The number of aryl methyl sites for hydroxylation is 2. The molecule has 0 bridgehead atoms. The first-order valence-electron chi connectivity index (χ1n) is 9.81. The molecular formula is C21H29FN4OS. The lowest BCUT2D eigenvalue weighted by molar-refractivity contribution is 0.0513. The van der Waals surface area contributed by atoms with Crippen LogP contribution in [0, 0.1) is 19.7 Å². The third-order valence-electron chi connectivity index (χ3n) is 5.27. The summed E-state index contributed by atoms with van der Waals surface area (Å²) in [6.07, 6.45) is 1.71. The Hall–Kier alpha value is -1.99. The summed E-state index contributed by atoms with van der Waals surface area (Å²) in [5.74, 6) is 0.564. The van der Waals surface area contributed by atoms with E-state index in [1.165, 1.54) is 10.9 Å². The molecule has 0 atom stereocenters. The van der Waals surface area contributed by atoms with E-state index < -0.39 is 0 Å². The van der Waals surface area contributed by atoms with Crippen LogP contribution in [0.2, 0.25) is 0 Å².